The van der Waals surface area contributed by atoms with E-state index < -0.39 is 23.7 Å². The Hall–Kier alpha value is -4.17. The molecule has 0 aliphatic carbocycles. The SMILES string of the molecule is CCOc1cc(/C=C2\C(=O)NC(=O)N(c3ccc(F)cc3)C2=O)cc(Cl)c1OCc1ccc(C)cc1. The van der Waals surface area contributed by atoms with Crippen molar-refractivity contribution in [3.05, 3.63) is 93.8 Å². The number of hydrogen-bond donors (Lipinski definition) is 1. The Labute approximate surface area is 212 Å². The van der Waals surface area contributed by atoms with Crippen molar-refractivity contribution in [3.8, 4) is 11.5 Å². The van der Waals surface area contributed by atoms with Gasteiger partial charge < -0.3 is 9.47 Å². The third kappa shape index (κ3) is 5.39. The Bertz CT molecular complexity index is 1350. The highest BCUT2D eigenvalue weighted by Crippen LogP contribution is 2.38. The lowest BCUT2D eigenvalue weighted by Crippen LogP contribution is -2.54. The molecule has 4 rings (SSSR count). The number of nitrogens with zero attached hydrogens (tertiary/aromatic N) is 1. The van der Waals surface area contributed by atoms with Crippen LogP contribution in [0.1, 0.15) is 23.6 Å². The van der Waals surface area contributed by atoms with E-state index in [-0.39, 0.29) is 22.9 Å². The van der Waals surface area contributed by atoms with Crippen molar-refractivity contribution in [2.45, 2.75) is 20.5 Å². The van der Waals surface area contributed by atoms with Gasteiger partial charge in [0, 0.05) is 0 Å². The summed E-state index contributed by atoms with van der Waals surface area (Å²) in [6, 6.07) is 14.8. The highest BCUT2D eigenvalue weighted by Gasteiger charge is 2.36. The van der Waals surface area contributed by atoms with E-state index in [1.165, 1.54) is 24.3 Å². The minimum absolute atomic E-state index is 0.116. The molecule has 0 bridgehead atoms. The van der Waals surface area contributed by atoms with E-state index in [9.17, 15) is 18.8 Å². The molecule has 1 N–H and O–H groups in total. The van der Waals surface area contributed by atoms with Gasteiger partial charge in [-0.05, 0) is 67.4 Å². The lowest BCUT2D eigenvalue weighted by Gasteiger charge is -2.26. The number of ether oxygens (including phenoxy) is 2. The lowest BCUT2D eigenvalue weighted by atomic mass is 10.1. The zero-order valence-corrected chi connectivity index (χ0v) is 20.3. The molecule has 0 unspecified atom stereocenters. The third-order valence-electron chi connectivity index (χ3n) is 5.33. The van der Waals surface area contributed by atoms with Crippen molar-refractivity contribution in [2.75, 3.05) is 11.5 Å². The topological polar surface area (TPSA) is 84.9 Å². The number of aryl methyl sites for hydroxylation is 1. The summed E-state index contributed by atoms with van der Waals surface area (Å²) in [6.45, 7) is 4.38. The van der Waals surface area contributed by atoms with E-state index in [1.807, 2.05) is 31.2 Å². The standard InChI is InChI=1S/C27H22ClFN2O5/c1-3-35-23-14-18(13-22(28)24(23)36-15-17-6-4-16(2)5-7-17)12-21-25(32)30-27(34)31(26(21)33)20-10-8-19(29)9-11-20/h4-14H,3,15H2,1-2H3,(H,30,32,34)/b21-12+. The molecule has 0 saturated carbocycles. The van der Waals surface area contributed by atoms with Crippen LogP contribution >= 0.6 is 11.6 Å². The number of hydrogen-bond acceptors (Lipinski definition) is 5. The van der Waals surface area contributed by atoms with Gasteiger partial charge in [-0.1, -0.05) is 41.4 Å². The normalized spacial score (nSPS) is 14.7. The summed E-state index contributed by atoms with van der Waals surface area (Å²) in [4.78, 5) is 38.7. The molecule has 0 radical (unpaired) electrons. The summed E-state index contributed by atoms with van der Waals surface area (Å²) in [5, 5.41) is 2.35. The summed E-state index contributed by atoms with van der Waals surface area (Å²) in [5.74, 6) is -1.60. The highest BCUT2D eigenvalue weighted by molar-refractivity contribution is 6.39. The van der Waals surface area contributed by atoms with Crippen LogP contribution in [0.15, 0.2) is 66.2 Å². The number of barbiturate groups is 1. The van der Waals surface area contributed by atoms with Gasteiger partial charge in [-0.15, -0.1) is 0 Å². The van der Waals surface area contributed by atoms with E-state index in [0.717, 1.165) is 28.2 Å². The molecule has 1 saturated heterocycles. The average molecular weight is 509 g/mol. The molecule has 0 atom stereocenters. The van der Waals surface area contributed by atoms with Crippen LogP contribution in [0.3, 0.4) is 0 Å². The van der Waals surface area contributed by atoms with E-state index in [1.54, 1.807) is 13.0 Å². The lowest BCUT2D eigenvalue weighted by molar-refractivity contribution is -0.122. The average Bonchev–Trinajstić information content (AvgIpc) is 2.83. The molecule has 184 valence electrons. The van der Waals surface area contributed by atoms with E-state index in [2.05, 4.69) is 5.32 Å². The molecular weight excluding hydrogens is 487 g/mol. The monoisotopic (exact) mass is 508 g/mol. The Kier molecular flexibility index (Phi) is 7.36. The largest absolute Gasteiger partial charge is 0.490 e. The first-order valence-corrected chi connectivity index (χ1v) is 11.5. The number of imide groups is 2. The van der Waals surface area contributed by atoms with Crippen molar-refractivity contribution < 1.29 is 28.2 Å². The van der Waals surface area contributed by atoms with Crippen molar-refractivity contribution in [3.63, 3.8) is 0 Å². The number of anilines is 1. The van der Waals surface area contributed by atoms with Gasteiger partial charge in [0.2, 0.25) is 0 Å². The number of carbonyl (C=O) groups is 3. The number of carbonyl (C=O) groups excluding carboxylic acids is 3. The number of rotatable bonds is 7. The van der Waals surface area contributed by atoms with Crippen LogP contribution in [0.4, 0.5) is 14.9 Å². The predicted octanol–water partition coefficient (Wildman–Crippen LogP) is 5.43. The molecule has 1 aliphatic rings. The van der Waals surface area contributed by atoms with Crippen LogP contribution in [0, 0.1) is 12.7 Å². The van der Waals surface area contributed by atoms with Gasteiger partial charge in [-0.2, -0.15) is 0 Å². The molecule has 1 fully saturated rings. The van der Waals surface area contributed by atoms with E-state index >= 15 is 0 Å². The molecule has 36 heavy (non-hydrogen) atoms. The number of benzene rings is 3. The van der Waals surface area contributed by atoms with Crippen LogP contribution in [0.2, 0.25) is 5.02 Å². The Morgan fingerprint density at radius 1 is 1.00 bits per heavy atom. The van der Waals surface area contributed by atoms with E-state index in [4.69, 9.17) is 21.1 Å². The number of nitrogens with one attached hydrogen (secondary N) is 1. The molecule has 0 spiro atoms. The van der Waals surface area contributed by atoms with Gasteiger partial charge in [0.05, 0.1) is 17.3 Å². The molecule has 4 amide bonds. The second-order valence-electron chi connectivity index (χ2n) is 7.97. The van der Waals surface area contributed by atoms with Crippen molar-refractivity contribution in [2.24, 2.45) is 0 Å². The number of amides is 4. The fourth-order valence-corrected chi connectivity index (χ4v) is 3.84. The second-order valence-corrected chi connectivity index (χ2v) is 8.38. The molecule has 9 heteroatoms. The molecule has 7 nitrogen and oxygen atoms in total. The van der Waals surface area contributed by atoms with E-state index in [0.29, 0.717) is 23.7 Å². The first kappa shape index (κ1) is 24.9. The van der Waals surface area contributed by atoms with Crippen LogP contribution in [-0.4, -0.2) is 24.5 Å². The zero-order valence-electron chi connectivity index (χ0n) is 19.5. The van der Waals surface area contributed by atoms with Crippen molar-refractivity contribution in [1.82, 2.24) is 5.32 Å². The fraction of sp³-hybridized carbons (Fsp3) is 0.148. The Morgan fingerprint density at radius 3 is 2.36 bits per heavy atom. The minimum atomic E-state index is -0.929. The zero-order chi connectivity index (χ0) is 25.8. The molecule has 0 aromatic heterocycles. The summed E-state index contributed by atoms with van der Waals surface area (Å²) < 4.78 is 24.9. The van der Waals surface area contributed by atoms with Crippen molar-refractivity contribution >= 4 is 41.2 Å². The van der Waals surface area contributed by atoms with Gasteiger partial charge in [-0.25, -0.2) is 14.1 Å². The smallest absolute Gasteiger partial charge is 0.335 e. The quantitative estimate of drug-likeness (QED) is 0.340. The maximum Gasteiger partial charge on any atom is 0.335 e. The van der Waals surface area contributed by atoms with Gasteiger partial charge in [0.1, 0.15) is 18.0 Å². The first-order chi connectivity index (χ1) is 17.3. The minimum Gasteiger partial charge on any atom is -0.490 e. The fourth-order valence-electron chi connectivity index (χ4n) is 3.56. The summed E-state index contributed by atoms with van der Waals surface area (Å²) in [7, 11) is 0. The molecule has 3 aromatic rings. The molecule has 1 aliphatic heterocycles. The highest BCUT2D eigenvalue weighted by atomic mass is 35.5. The van der Waals surface area contributed by atoms with Gasteiger partial charge in [0.25, 0.3) is 11.8 Å². The third-order valence-corrected chi connectivity index (χ3v) is 5.61. The summed E-state index contributed by atoms with van der Waals surface area (Å²) in [5.41, 5.74) is 2.28. The van der Waals surface area contributed by atoms with Crippen molar-refractivity contribution in [1.29, 1.82) is 0 Å². The summed E-state index contributed by atoms with van der Waals surface area (Å²) >= 11 is 6.49. The van der Waals surface area contributed by atoms with Crippen LogP contribution in [0.25, 0.3) is 6.08 Å². The second kappa shape index (κ2) is 10.6. The Morgan fingerprint density at radius 2 is 1.69 bits per heavy atom. The molecule has 1 heterocycles. The number of halogens is 2. The molecule has 3 aromatic carbocycles. The Balaban J connectivity index is 1.65. The summed E-state index contributed by atoms with van der Waals surface area (Å²) in [6.07, 6.45) is 1.30. The van der Waals surface area contributed by atoms with Gasteiger partial charge in [-0.3, -0.25) is 14.9 Å². The van der Waals surface area contributed by atoms with Crippen LogP contribution < -0.4 is 19.7 Å². The maximum atomic E-state index is 13.3. The maximum absolute atomic E-state index is 13.3. The number of urea groups is 1. The predicted molar refractivity (Wildman–Crippen MR) is 134 cm³/mol. The van der Waals surface area contributed by atoms with Gasteiger partial charge in [0.15, 0.2) is 11.5 Å². The molecular formula is C27H22ClFN2O5. The van der Waals surface area contributed by atoms with Crippen LogP contribution in [-0.2, 0) is 16.2 Å². The van der Waals surface area contributed by atoms with Gasteiger partial charge >= 0.3 is 6.03 Å². The first-order valence-electron chi connectivity index (χ1n) is 11.1. The van der Waals surface area contributed by atoms with Crippen LogP contribution in [0.5, 0.6) is 11.5 Å².